The Morgan fingerprint density at radius 1 is 1.19 bits per heavy atom. The monoisotopic (exact) mass is 280 g/mol. The van der Waals surface area contributed by atoms with Crippen molar-refractivity contribution >= 4 is 22.6 Å². The molecular formula is C17H16N2O2. The number of hydrogen-bond donors (Lipinski definition) is 1. The Labute approximate surface area is 122 Å². The third-order valence-electron chi connectivity index (χ3n) is 5.44. The Hall–Kier alpha value is -2.10. The zero-order valence-corrected chi connectivity index (χ0v) is 11.6. The van der Waals surface area contributed by atoms with Crippen LogP contribution in [0.25, 0.3) is 10.9 Å². The topological polar surface area (TPSA) is 53.2 Å². The van der Waals surface area contributed by atoms with Gasteiger partial charge in [-0.25, -0.2) is 0 Å². The summed E-state index contributed by atoms with van der Waals surface area (Å²) in [5, 5.41) is 1.14. The minimum atomic E-state index is -0.225. The smallest absolute Gasteiger partial charge is 0.227 e. The lowest BCUT2D eigenvalue weighted by atomic mass is 9.71. The molecule has 1 saturated carbocycles. The fourth-order valence-corrected chi connectivity index (χ4v) is 4.64. The summed E-state index contributed by atoms with van der Waals surface area (Å²) >= 11 is 0. The van der Waals surface area contributed by atoms with Crippen molar-refractivity contribution in [1.82, 2.24) is 9.88 Å². The van der Waals surface area contributed by atoms with E-state index in [1.807, 2.05) is 17.0 Å². The van der Waals surface area contributed by atoms with E-state index in [-0.39, 0.29) is 23.7 Å². The first kappa shape index (κ1) is 11.5. The molecule has 21 heavy (non-hydrogen) atoms. The number of piperidine rings is 2. The largest absolute Gasteiger partial charge is 0.358 e. The molecule has 1 aromatic heterocycles. The summed E-state index contributed by atoms with van der Waals surface area (Å²) in [5.41, 5.74) is 3.33. The Kier molecular flexibility index (Phi) is 2.06. The molecular weight excluding hydrogens is 264 g/mol. The maximum Gasteiger partial charge on any atom is 0.227 e. The molecule has 4 heteroatoms. The number of nitrogens with one attached hydrogen (secondary N) is 1. The van der Waals surface area contributed by atoms with Crippen LogP contribution in [0.1, 0.15) is 30.0 Å². The molecule has 106 valence electrons. The van der Waals surface area contributed by atoms with Crippen molar-refractivity contribution < 1.29 is 9.59 Å². The van der Waals surface area contributed by atoms with Crippen molar-refractivity contribution in [1.29, 1.82) is 0 Å². The van der Waals surface area contributed by atoms with Crippen LogP contribution in [0, 0.1) is 5.92 Å². The molecule has 1 aliphatic carbocycles. The normalized spacial score (nSPS) is 30.7. The van der Waals surface area contributed by atoms with Crippen LogP contribution in [-0.4, -0.2) is 34.2 Å². The molecule has 2 aromatic rings. The molecule has 1 amide bonds. The molecule has 6 rings (SSSR count). The molecule has 0 spiro atoms. The van der Waals surface area contributed by atoms with Gasteiger partial charge >= 0.3 is 0 Å². The minimum absolute atomic E-state index is 0.117. The van der Waals surface area contributed by atoms with Crippen molar-refractivity contribution in [2.24, 2.45) is 5.92 Å². The molecule has 2 saturated heterocycles. The van der Waals surface area contributed by atoms with E-state index in [9.17, 15) is 9.59 Å². The van der Waals surface area contributed by atoms with E-state index in [0.717, 1.165) is 35.1 Å². The van der Waals surface area contributed by atoms with Crippen LogP contribution in [0.5, 0.6) is 0 Å². The first-order valence-electron chi connectivity index (χ1n) is 7.64. The van der Waals surface area contributed by atoms with E-state index in [1.54, 1.807) is 0 Å². The van der Waals surface area contributed by atoms with Gasteiger partial charge in [0.15, 0.2) is 5.78 Å². The molecule has 1 aromatic carbocycles. The van der Waals surface area contributed by atoms with E-state index in [4.69, 9.17) is 0 Å². The highest BCUT2D eigenvalue weighted by Gasteiger charge is 2.51. The SMILES string of the molecule is O=C1C[C@H]2C[C@@H]3c4[nH]c5ccccc5c4CC(=O)N(C2)[C@@H]13. The van der Waals surface area contributed by atoms with Gasteiger partial charge in [0.25, 0.3) is 0 Å². The molecule has 4 bridgehead atoms. The summed E-state index contributed by atoms with van der Waals surface area (Å²) < 4.78 is 0. The van der Waals surface area contributed by atoms with Gasteiger partial charge in [0.05, 0.1) is 12.5 Å². The molecule has 0 unspecified atom stereocenters. The summed E-state index contributed by atoms with van der Waals surface area (Å²) in [5.74, 6) is 0.876. The van der Waals surface area contributed by atoms with Gasteiger partial charge in [-0.1, -0.05) is 18.2 Å². The number of H-pyrrole nitrogens is 1. The number of amides is 1. The first-order chi connectivity index (χ1) is 10.2. The van der Waals surface area contributed by atoms with Gasteiger partial charge in [0.1, 0.15) is 0 Å². The number of aromatic nitrogens is 1. The van der Waals surface area contributed by atoms with Crippen molar-refractivity contribution in [3.8, 4) is 0 Å². The van der Waals surface area contributed by atoms with E-state index >= 15 is 0 Å². The Morgan fingerprint density at radius 3 is 2.90 bits per heavy atom. The number of hydrogen-bond acceptors (Lipinski definition) is 2. The molecule has 4 nitrogen and oxygen atoms in total. The lowest BCUT2D eigenvalue weighted by molar-refractivity contribution is -0.148. The Bertz CT molecular complexity index is 791. The fraction of sp³-hybridized carbons (Fsp3) is 0.412. The average molecular weight is 280 g/mol. The summed E-state index contributed by atoms with van der Waals surface area (Å²) in [7, 11) is 0. The maximum absolute atomic E-state index is 12.6. The molecule has 3 atom stereocenters. The molecule has 3 aliphatic heterocycles. The van der Waals surface area contributed by atoms with Gasteiger partial charge in [0.2, 0.25) is 5.91 Å². The number of ketones is 1. The second-order valence-electron chi connectivity index (χ2n) is 6.61. The number of carbonyl (C=O) groups is 2. The van der Waals surface area contributed by atoms with E-state index in [1.165, 1.54) is 0 Å². The summed E-state index contributed by atoms with van der Waals surface area (Å²) in [6.07, 6.45) is 2.10. The number of nitrogens with zero attached hydrogens (tertiary/aromatic N) is 1. The Morgan fingerprint density at radius 2 is 2.05 bits per heavy atom. The van der Waals surface area contributed by atoms with Crippen LogP contribution in [-0.2, 0) is 16.0 Å². The van der Waals surface area contributed by atoms with E-state index < -0.39 is 0 Å². The van der Waals surface area contributed by atoms with Gasteiger partial charge < -0.3 is 9.88 Å². The van der Waals surface area contributed by atoms with E-state index in [2.05, 4.69) is 17.1 Å². The van der Waals surface area contributed by atoms with Crippen molar-refractivity contribution in [3.63, 3.8) is 0 Å². The molecule has 1 N–H and O–H groups in total. The highest BCUT2D eigenvalue weighted by Crippen LogP contribution is 2.46. The van der Waals surface area contributed by atoms with Gasteiger partial charge in [0, 0.05) is 35.5 Å². The predicted octanol–water partition coefficient (Wildman–Crippen LogP) is 2.00. The van der Waals surface area contributed by atoms with E-state index in [0.29, 0.717) is 18.8 Å². The number of fused-ring (bicyclic) bond motifs is 4. The number of Topliss-reactive ketones (excluding diaryl/α,β-unsaturated/α-hetero) is 1. The minimum Gasteiger partial charge on any atom is -0.358 e. The fourth-order valence-electron chi connectivity index (χ4n) is 4.64. The van der Waals surface area contributed by atoms with Crippen LogP contribution in [0.15, 0.2) is 24.3 Å². The van der Waals surface area contributed by atoms with Crippen LogP contribution in [0.3, 0.4) is 0 Å². The van der Waals surface area contributed by atoms with Gasteiger partial charge in [-0.2, -0.15) is 0 Å². The molecule has 3 fully saturated rings. The maximum atomic E-state index is 12.6. The summed E-state index contributed by atoms with van der Waals surface area (Å²) in [6.45, 7) is 0.772. The highest BCUT2D eigenvalue weighted by atomic mass is 16.2. The highest BCUT2D eigenvalue weighted by molar-refractivity contribution is 5.97. The van der Waals surface area contributed by atoms with Crippen LogP contribution < -0.4 is 0 Å². The number of para-hydroxylation sites is 1. The second-order valence-corrected chi connectivity index (χ2v) is 6.61. The zero-order valence-electron chi connectivity index (χ0n) is 11.6. The van der Waals surface area contributed by atoms with Crippen molar-refractivity contribution in [2.75, 3.05) is 6.54 Å². The second kappa shape index (κ2) is 3.75. The van der Waals surface area contributed by atoms with Crippen LogP contribution >= 0.6 is 0 Å². The third kappa shape index (κ3) is 1.40. The Balaban J connectivity index is 1.78. The zero-order chi connectivity index (χ0) is 14.1. The quantitative estimate of drug-likeness (QED) is 0.802. The van der Waals surface area contributed by atoms with Crippen LogP contribution in [0.2, 0.25) is 0 Å². The number of rotatable bonds is 0. The van der Waals surface area contributed by atoms with Gasteiger partial charge in [-0.15, -0.1) is 0 Å². The summed E-state index contributed by atoms with van der Waals surface area (Å²) in [6, 6.07) is 7.91. The summed E-state index contributed by atoms with van der Waals surface area (Å²) in [4.78, 5) is 30.4. The average Bonchev–Trinajstić information content (AvgIpc) is 2.82. The third-order valence-corrected chi connectivity index (χ3v) is 5.44. The number of benzene rings is 1. The van der Waals surface area contributed by atoms with Crippen LogP contribution in [0.4, 0.5) is 0 Å². The standard InChI is InChI=1S/C17H16N2O2/c20-14-6-9-5-12-16-11(7-15(21)19(8-9)17(12)14)10-3-1-2-4-13(10)18-16/h1-4,9,12,17-18H,5-8H2/t9-,12-,17-/m1/s1. The number of aromatic amines is 1. The molecule has 0 radical (unpaired) electrons. The van der Waals surface area contributed by atoms with Crippen molar-refractivity contribution in [2.45, 2.75) is 31.2 Å². The number of carbonyl (C=O) groups excluding carboxylic acids is 2. The molecule has 4 heterocycles. The predicted molar refractivity (Wildman–Crippen MR) is 78.0 cm³/mol. The van der Waals surface area contributed by atoms with Gasteiger partial charge in [-0.05, 0) is 24.0 Å². The lowest BCUT2D eigenvalue weighted by Gasteiger charge is -2.47. The lowest BCUT2D eigenvalue weighted by Crippen LogP contribution is -2.58. The van der Waals surface area contributed by atoms with Gasteiger partial charge in [-0.3, -0.25) is 9.59 Å². The first-order valence-corrected chi connectivity index (χ1v) is 7.64. The van der Waals surface area contributed by atoms with Crippen molar-refractivity contribution in [3.05, 3.63) is 35.5 Å². The molecule has 4 aliphatic rings.